The van der Waals surface area contributed by atoms with Crippen LogP contribution in [0.5, 0.6) is 0 Å². The van der Waals surface area contributed by atoms with Gasteiger partial charge in [0, 0.05) is 74.2 Å². The lowest BCUT2D eigenvalue weighted by Crippen LogP contribution is -2.37. The predicted molar refractivity (Wildman–Crippen MR) is 111 cm³/mol. The summed E-state index contributed by atoms with van der Waals surface area (Å²) in [4.78, 5) is 37.7. The van der Waals surface area contributed by atoms with Crippen LogP contribution in [0.4, 0.5) is 5.95 Å². The molecule has 0 aromatic carbocycles. The Morgan fingerprint density at radius 2 is 1.83 bits per heavy atom. The van der Waals surface area contributed by atoms with Gasteiger partial charge in [-0.25, -0.2) is 15.0 Å². The SMILES string of the molecule is O=c1[nH]c(-c2ccncc2)nc2c1CCN(Cc1cnc(N3CCOCC3)nc1)C2. The Kier molecular flexibility index (Phi) is 5.20. The molecule has 0 amide bonds. The van der Waals surface area contributed by atoms with Gasteiger partial charge in [0.25, 0.3) is 5.56 Å². The largest absolute Gasteiger partial charge is 0.378 e. The minimum atomic E-state index is -0.0512. The Bertz CT molecular complexity index is 1060. The van der Waals surface area contributed by atoms with E-state index in [9.17, 15) is 4.79 Å². The van der Waals surface area contributed by atoms with Crippen LogP contribution in [0.25, 0.3) is 11.4 Å². The highest BCUT2D eigenvalue weighted by Crippen LogP contribution is 2.20. The van der Waals surface area contributed by atoms with Crippen LogP contribution < -0.4 is 10.5 Å². The first-order chi connectivity index (χ1) is 14.8. The summed E-state index contributed by atoms with van der Waals surface area (Å²) in [6.45, 7) is 5.23. The van der Waals surface area contributed by atoms with Gasteiger partial charge in [-0.15, -0.1) is 0 Å². The number of pyridine rings is 1. The summed E-state index contributed by atoms with van der Waals surface area (Å²) in [6.07, 6.45) is 7.85. The van der Waals surface area contributed by atoms with E-state index in [0.29, 0.717) is 32.0 Å². The molecule has 30 heavy (non-hydrogen) atoms. The molecule has 5 heterocycles. The molecule has 1 saturated heterocycles. The quantitative estimate of drug-likeness (QED) is 0.687. The molecule has 0 unspecified atom stereocenters. The molecule has 9 heteroatoms. The lowest BCUT2D eigenvalue weighted by Gasteiger charge is -2.28. The fraction of sp³-hybridized carbons (Fsp3) is 0.381. The standard InChI is InChI=1S/C21H23N7O2/c29-20-17-3-6-27(14-18(17)25-19(26-20)16-1-4-22-5-2-16)13-15-11-23-21(24-12-15)28-7-9-30-10-8-28/h1-2,4-5,11-12H,3,6-10,13-14H2,(H,25,26,29). The molecule has 154 valence electrons. The maximum Gasteiger partial charge on any atom is 0.254 e. The van der Waals surface area contributed by atoms with Crippen LogP contribution >= 0.6 is 0 Å². The second-order valence-corrected chi connectivity index (χ2v) is 7.53. The van der Waals surface area contributed by atoms with E-state index in [1.165, 1.54) is 0 Å². The van der Waals surface area contributed by atoms with Gasteiger partial charge in [0.2, 0.25) is 5.95 Å². The number of ether oxygens (including phenoxy) is 1. The molecular weight excluding hydrogens is 382 g/mol. The number of nitrogens with zero attached hydrogens (tertiary/aromatic N) is 6. The molecule has 5 rings (SSSR count). The molecule has 0 bridgehead atoms. The third-order valence-corrected chi connectivity index (χ3v) is 5.50. The molecule has 2 aliphatic rings. The van der Waals surface area contributed by atoms with Crippen LogP contribution in [0.1, 0.15) is 16.8 Å². The number of rotatable bonds is 4. The van der Waals surface area contributed by atoms with Crippen LogP contribution in [0.3, 0.4) is 0 Å². The zero-order chi connectivity index (χ0) is 20.3. The topological polar surface area (TPSA) is 100 Å². The smallest absolute Gasteiger partial charge is 0.254 e. The fourth-order valence-corrected chi connectivity index (χ4v) is 3.89. The van der Waals surface area contributed by atoms with Gasteiger partial charge in [-0.2, -0.15) is 0 Å². The van der Waals surface area contributed by atoms with Crippen LogP contribution in [-0.4, -0.2) is 62.7 Å². The minimum Gasteiger partial charge on any atom is -0.378 e. The molecule has 3 aromatic rings. The monoisotopic (exact) mass is 405 g/mol. The normalized spacial score (nSPS) is 17.0. The number of fused-ring (bicyclic) bond motifs is 1. The van der Waals surface area contributed by atoms with Crippen molar-refractivity contribution in [2.24, 2.45) is 0 Å². The Hall–Kier alpha value is -3.17. The van der Waals surface area contributed by atoms with E-state index in [1.807, 2.05) is 24.5 Å². The number of nitrogens with one attached hydrogen (secondary N) is 1. The maximum absolute atomic E-state index is 12.5. The summed E-state index contributed by atoms with van der Waals surface area (Å²) in [5.74, 6) is 1.34. The Morgan fingerprint density at radius 1 is 1.07 bits per heavy atom. The molecule has 1 fully saturated rings. The number of morpholine rings is 1. The van der Waals surface area contributed by atoms with Crippen molar-refractivity contribution in [3.05, 3.63) is 64.1 Å². The van der Waals surface area contributed by atoms with Crippen molar-refractivity contribution < 1.29 is 4.74 Å². The zero-order valence-electron chi connectivity index (χ0n) is 16.6. The van der Waals surface area contributed by atoms with E-state index >= 15 is 0 Å². The highest BCUT2D eigenvalue weighted by molar-refractivity contribution is 5.54. The van der Waals surface area contributed by atoms with Gasteiger partial charge in [0.15, 0.2) is 0 Å². The lowest BCUT2D eigenvalue weighted by molar-refractivity contribution is 0.122. The third-order valence-electron chi connectivity index (χ3n) is 5.50. The number of H-pyrrole nitrogens is 1. The Balaban J connectivity index is 1.30. The number of anilines is 1. The van der Waals surface area contributed by atoms with Gasteiger partial charge >= 0.3 is 0 Å². The summed E-state index contributed by atoms with van der Waals surface area (Å²) in [7, 11) is 0. The molecule has 0 radical (unpaired) electrons. The van der Waals surface area contributed by atoms with E-state index < -0.39 is 0 Å². The minimum absolute atomic E-state index is 0.0512. The molecule has 0 saturated carbocycles. The van der Waals surface area contributed by atoms with Crippen molar-refractivity contribution in [3.63, 3.8) is 0 Å². The van der Waals surface area contributed by atoms with Crippen molar-refractivity contribution in [2.45, 2.75) is 19.5 Å². The highest BCUT2D eigenvalue weighted by Gasteiger charge is 2.22. The molecule has 3 aromatic heterocycles. The zero-order valence-corrected chi connectivity index (χ0v) is 16.6. The van der Waals surface area contributed by atoms with Gasteiger partial charge in [0.1, 0.15) is 5.82 Å². The Labute approximate surface area is 173 Å². The average Bonchev–Trinajstić information content (AvgIpc) is 2.80. The van der Waals surface area contributed by atoms with Crippen molar-refractivity contribution in [1.82, 2.24) is 29.8 Å². The van der Waals surface area contributed by atoms with Gasteiger partial charge in [-0.05, 0) is 18.6 Å². The summed E-state index contributed by atoms with van der Waals surface area (Å²) in [6, 6.07) is 3.69. The van der Waals surface area contributed by atoms with Crippen LogP contribution in [0.2, 0.25) is 0 Å². The molecular formula is C21H23N7O2. The number of aromatic amines is 1. The van der Waals surface area contributed by atoms with Gasteiger partial charge in [-0.1, -0.05) is 0 Å². The second-order valence-electron chi connectivity index (χ2n) is 7.53. The van der Waals surface area contributed by atoms with Gasteiger partial charge in [0.05, 0.1) is 18.9 Å². The van der Waals surface area contributed by atoms with Crippen LogP contribution in [0, 0.1) is 0 Å². The molecule has 0 aliphatic carbocycles. The van der Waals surface area contributed by atoms with Crippen molar-refractivity contribution >= 4 is 5.95 Å². The first-order valence-corrected chi connectivity index (χ1v) is 10.1. The molecule has 0 spiro atoms. The summed E-state index contributed by atoms with van der Waals surface area (Å²) >= 11 is 0. The lowest BCUT2D eigenvalue weighted by atomic mass is 10.1. The Morgan fingerprint density at radius 3 is 2.60 bits per heavy atom. The van der Waals surface area contributed by atoms with E-state index in [2.05, 4.69) is 29.7 Å². The molecule has 1 N–H and O–H groups in total. The van der Waals surface area contributed by atoms with Crippen LogP contribution in [0.15, 0.2) is 41.7 Å². The van der Waals surface area contributed by atoms with Crippen molar-refractivity contribution in [1.29, 1.82) is 0 Å². The second kappa shape index (κ2) is 8.29. The summed E-state index contributed by atoms with van der Waals surface area (Å²) in [5.41, 5.74) is 3.47. The summed E-state index contributed by atoms with van der Waals surface area (Å²) in [5, 5.41) is 0. The van der Waals surface area contributed by atoms with E-state index in [1.54, 1.807) is 12.4 Å². The first-order valence-electron chi connectivity index (χ1n) is 10.1. The van der Waals surface area contributed by atoms with E-state index in [4.69, 9.17) is 9.72 Å². The summed E-state index contributed by atoms with van der Waals surface area (Å²) < 4.78 is 5.38. The van der Waals surface area contributed by atoms with E-state index in [-0.39, 0.29) is 5.56 Å². The molecule has 9 nitrogen and oxygen atoms in total. The van der Waals surface area contributed by atoms with Gasteiger partial charge < -0.3 is 14.6 Å². The number of aromatic nitrogens is 5. The average molecular weight is 405 g/mol. The van der Waals surface area contributed by atoms with Gasteiger partial charge in [-0.3, -0.25) is 14.7 Å². The fourth-order valence-electron chi connectivity index (χ4n) is 3.89. The van der Waals surface area contributed by atoms with Crippen molar-refractivity contribution in [2.75, 3.05) is 37.7 Å². The first kappa shape index (κ1) is 18.8. The highest BCUT2D eigenvalue weighted by atomic mass is 16.5. The number of hydrogen-bond donors (Lipinski definition) is 1. The van der Waals surface area contributed by atoms with E-state index in [0.717, 1.165) is 54.5 Å². The van der Waals surface area contributed by atoms with Crippen LogP contribution in [-0.2, 0) is 24.2 Å². The third kappa shape index (κ3) is 3.94. The maximum atomic E-state index is 12.5. The molecule has 0 atom stereocenters. The van der Waals surface area contributed by atoms with Crippen molar-refractivity contribution in [3.8, 4) is 11.4 Å². The predicted octanol–water partition coefficient (Wildman–Crippen LogP) is 1.02. The number of hydrogen-bond acceptors (Lipinski definition) is 8. The molecule has 2 aliphatic heterocycles.